The number of aromatic nitrogens is 1. The molecule has 3 aromatic rings. The number of para-hydroxylation sites is 1. The summed E-state index contributed by atoms with van der Waals surface area (Å²) in [5.41, 5.74) is 3.35. The van der Waals surface area contributed by atoms with Crippen LogP contribution >= 0.6 is 0 Å². The molecule has 0 aliphatic rings. The Labute approximate surface area is 178 Å². The highest BCUT2D eigenvalue weighted by atomic mass is 16.5. The quantitative estimate of drug-likeness (QED) is 0.473. The van der Waals surface area contributed by atoms with E-state index in [1.54, 1.807) is 14.2 Å². The Kier molecular flexibility index (Phi) is 7.74. The van der Waals surface area contributed by atoms with E-state index < -0.39 is 0 Å². The molecule has 0 saturated carbocycles. The molecular formula is C24H31N3O3. The summed E-state index contributed by atoms with van der Waals surface area (Å²) in [4.78, 5) is 18.1. The number of nitrogens with one attached hydrogen (secondary N) is 2. The molecule has 6 nitrogen and oxygen atoms in total. The number of rotatable bonds is 11. The Morgan fingerprint density at radius 1 is 1.10 bits per heavy atom. The van der Waals surface area contributed by atoms with Crippen molar-refractivity contribution in [3.63, 3.8) is 0 Å². The van der Waals surface area contributed by atoms with E-state index >= 15 is 0 Å². The van der Waals surface area contributed by atoms with Crippen molar-refractivity contribution < 1.29 is 14.3 Å². The number of aromatic amines is 1. The summed E-state index contributed by atoms with van der Waals surface area (Å²) in [5, 5.41) is 4.43. The number of hydrogen-bond acceptors (Lipinski definition) is 4. The highest BCUT2D eigenvalue weighted by Crippen LogP contribution is 2.28. The number of nitrogens with zero attached hydrogens (tertiary/aromatic N) is 1. The van der Waals surface area contributed by atoms with E-state index in [-0.39, 0.29) is 5.91 Å². The summed E-state index contributed by atoms with van der Waals surface area (Å²) >= 11 is 0. The molecule has 0 fully saturated rings. The molecule has 0 aliphatic carbocycles. The van der Waals surface area contributed by atoms with Crippen LogP contribution in [0.1, 0.15) is 24.5 Å². The van der Waals surface area contributed by atoms with Gasteiger partial charge >= 0.3 is 0 Å². The van der Waals surface area contributed by atoms with Crippen molar-refractivity contribution in [3.05, 3.63) is 59.8 Å². The molecule has 0 saturated heterocycles. The molecule has 30 heavy (non-hydrogen) atoms. The number of amides is 1. The number of H-pyrrole nitrogens is 1. The largest absolute Gasteiger partial charge is 0.493 e. The first-order chi connectivity index (χ1) is 14.7. The monoisotopic (exact) mass is 409 g/mol. The van der Waals surface area contributed by atoms with Gasteiger partial charge in [-0.1, -0.05) is 31.2 Å². The van der Waals surface area contributed by atoms with Gasteiger partial charge in [0.15, 0.2) is 11.5 Å². The van der Waals surface area contributed by atoms with Crippen LogP contribution in [-0.4, -0.2) is 49.6 Å². The van der Waals surface area contributed by atoms with Crippen molar-refractivity contribution in [2.24, 2.45) is 0 Å². The topological polar surface area (TPSA) is 66.6 Å². The van der Waals surface area contributed by atoms with Crippen LogP contribution in [0.15, 0.2) is 48.7 Å². The van der Waals surface area contributed by atoms with Crippen LogP contribution in [0.25, 0.3) is 10.9 Å². The van der Waals surface area contributed by atoms with Crippen molar-refractivity contribution in [3.8, 4) is 11.5 Å². The number of carbonyl (C=O) groups is 1. The maximum absolute atomic E-state index is 12.9. The Balaban J connectivity index is 1.75. The number of hydrogen-bond donors (Lipinski definition) is 2. The van der Waals surface area contributed by atoms with E-state index in [0.717, 1.165) is 30.5 Å². The third kappa shape index (κ3) is 5.33. The van der Waals surface area contributed by atoms with E-state index in [1.165, 1.54) is 10.9 Å². The lowest BCUT2D eigenvalue weighted by atomic mass is 10.1. The van der Waals surface area contributed by atoms with Gasteiger partial charge in [-0.05, 0) is 48.7 Å². The van der Waals surface area contributed by atoms with Gasteiger partial charge in [0.25, 0.3) is 0 Å². The fraction of sp³-hybridized carbons (Fsp3) is 0.375. The highest BCUT2D eigenvalue weighted by molar-refractivity contribution is 5.83. The normalized spacial score (nSPS) is 10.9. The molecule has 0 radical (unpaired) electrons. The third-order valence-electron chi connectivity index (χ3n) is 5.20. The number of fused-ring (bicyclic) bond motifs is 1. The van der Waals surface area contributed by atoms with Gasteiger partial charge in [0.1, 0.15) is 0 Å². The average molecular weight is 410 g/mol. The van der Waals surface area contributed by atoms with E-state index in [4.69, 9.17) is 9.47 Å². The first-order valence-electron chi connectivity index (χ1n) is 10.4. The lowest BCUT2D eigenvalue weighted by molar-refractivity contribution is -0.130. The van der Waals surface area contributed by atoms with Gasteiger partial charge in [0, 0.05) is 30.2 Å². The fourth-order valence-electron chi connectivity index (χ4n) is 3.57. The molecule has 2 aromatic carbocycles. The van der Waals surface area contributed by atoms with Crippen LogP contribution in [0.2, 0.25) is 0 Å². The van der Waals surface area contributed by atoms with E-state index in [2.05, 4.69) is 29.4 Å². The smallest absolute Gasteiger partial charge is 0.236 e. The SMILES string of the molecule is CCCNCC(=O)N(CCc1c[nH]c2ccccc12)Cc1ccc(OC)c(OC)c1. The van der Waals surface area contributed by atoms with Crippen LogP contribution in [0.3, 0.4) is 0 Å². The van der Waals surface area contributed by atoms with Crippen LogP contribution in [-0.2, 0) is 17.8 Å². The lowest BCUT2D eigenvalue weighted by Gasteiger charge is -2.24. The third-order valence-corrected chi connectivity index (χ3v) is 5.20. The summed E-state index contributed by atoms with van der Waals surface area (Å²) in [6.07, 6.45) is 3.83. The fourth-order valence-corrected chi connectivity index (χ4v) is 3.57. The molecule has 1 amide bonds. The second-order valence-corrected chi connectivity index (χ2v) is 7.29. The second kappa shape index (κ2) is 10.7. The maximum Gasteiger partial charge on any atom is 0.236 e. The first-order valence-corrected chi connectivity index (χ1v) is 10.4. The number of benzene rings is 2. The van der Waals surface area contributed by atoms with Gasteiger partial charge in [-0.25, -0.2) is 0 Å². The molecule has 0 atom stereocenters. The Hall–Kier alpha value is -2.99. The van der Waals surface area contributed by atoms with Gasteiger partial charge in [-0.3, -0.25) is 4.79 Å². The molecule has 6 heteroatoms. The number of carbonyl (C=O) groups excluding carboxylic acids is 1. The average Bonchev–Trinajstić information content (AvgIpc) is 3.19. The number of ether oxygens (including phenoxy) is 2. The lowest BCUT2D eigenvalue weighted by Crippen LogP contribution is -2.39. The predicted molar refractivity (Wildman–Crippen MR) is 120 cm³/mol. The molecule has 2 N–H and O–H groups in total. The molecule has 0 aliphatic heterocycles. The van der Waals surface area contributed by atoms with Gasteiger partial charge in [-0.2, -0.15) is 0 Å². The summed E-state index contributed by atoms with van der Waals surface area (Å²) in [7, 11) is 3.24. The Morgan fingerprint density at radius 2 is 1.90 bits per heavy atom. The first kappa shape index (κ1) is 21.7. The van der Waals surface area contributed by atoms with Crippen LogP contribution in [0.4, 0.5) is 0 Å². The van der Waals surface area contributed by atoms with Gasteiger partial charge in [0.05, 0.1) is 20.8 Å². The Bertz CT molecular complexity index is 967. The summed E-state index contributed by atoms with van der Waals surface area (Å²) < 4.78 is 10.7. The summed E-state index contributed by atoms with van der Waals surface area (Å²) in [6.45, 7) is 4.43. The van der Waals surface area contributed by atoms with Gasteiger partial charge < -0.3 is 24.7 Å². The predicted octanol–water partition coefficient (Wildman–Crippen LogP) is 3.76. The zero-order valence-electron chi connectivity index (χ0n) is 18.0. The maximum atomic E-state index is 12.9. The van der Waals surface area contributed by atoms with Crippen LogP contribution in [0, 0.1) is 0 Å². The zero-order chi connectivity index (χ0) is 21.3. The molecule has 1 aromatic heterocycles. The van der Waals surface area contributed by atoms with Crippen molar-refractivity contribution in [1.29, 1.82) is 0 Å². The molecule has 0 unspecified atom stereocenters. The minimum absolute atomic E-state index is 0.0954. The number of methoxy groups -OCH3 is 2. The van der Waals surface area contributed by atoms with Crippen LogP contribution < -0.4 is 14.8 Å². The minimum Gasteiger partial charge on any atom is -0.493 e. The molecule has 0 spiro atoms. The molecule has 1 heterocycles. The summed E-state index contributed by atoms with van der Waals surface area (Å²) in [6, 6.07) is 14.0. The molecule has 160 valence electrons. The van der Waals surface area contributed by atoms with E-state index in [0.29, 0.717) is 31.1 Å². The molecular weight excluding hydrogens is 378 g/mol. The molecule has 3 rings (SSSR count). The van der Waals surface area contributed by atoms with Crippen LogP contribution in [0.5, 0.6) is 11.5 Å². The standard InChI is InChI=1S/C24H31N3O3/c1-4-12-25-16-24(28)27(17-18-9-10-22(29-2)23(14-18)30-3)13-11-19-15-26-21-8-6-5-7-20(19)21/h5-10,14-15,25-26H,4,11-13,16-17H2,1-3H3. The van der Waals surface area contributed by atoms with Gasteiger partial charge in [-0.15, -0.1) is 0 Å². The van der Waals surface area contributed by atoms with E-state index in [1.807, 2.05) is 41.4 Å². The summed E-state index contributed by atoms with van der Waals surface area (Å²) in [5.74, 6) is 1.45. The molecule has 0 bridgehead atoms. The van der Waals surface area contributed by atoms with E-state index in [9.17, 15) is 4.79 Å². The second-order valence-electron chi connectivity index (χ2n) is 7.29. The Morgan fingerprint density at radius 3 is 2.67 bits per heavy atom. The van der Waals surface area contributed by atoms with Crippen molar-refractivity contribution in [2.75, 3.05) is 33.9 Å². The highest BCUT2D eigenvalue weighted by Gasteiger charge is 2.16. The van der Waals surface area contributed by atoms with Crippen molar-refractivity contribution in [2.45, 2.75) is 26.3 Å². The minimum atomic E-state index is 0.0954. The zero-order valence-corrected chi connectivity index (χ0v) is 18.0. The van der Waals surface area contributed by atoms with Crippen molar-refractivity contribution in [1.82, 2.24) is 15.2 Å². The van der Waals surface area contributed by atoms with Crippen molar-refractivity contribution >= 4 is 16.8 Å². The van der Waals surface area contributed by atoms with Gasteiger partial charge in [0.2, 0.25) is 5.91 Å².